The molecule has 0 bridgehead atoms. The molecular weight excluding hydrogens is 642 g/mol. The van der Waals surface area contributed by atoms with E-state index in [1.165, 1.54) is 0 Å². The van der Waals surface area contributed by atoms with Crippen LogP contribution in [0.4, 0.5) is 10.5 Å². The molecule has 260 valence electrons. The lowest BCUT2D eigenvalue weighted by molar-refractivity contribution is -0.136. The number of hydrogen-bond acceptors (Lipinski definition) is 7. The minimum atomic E-state index is -0.568. The van der Waals surface area contributed by atoms with Crippen LogP contribution in [0.1, 0.15) is 28.7 Å². The molecule has 1 aromatic heterocycles. The van der Waals surface area contributed by atoms with Gasteiger partial charge in [0.1, 0.15) is 5.75 Å². The lowest BCUT2D eigenvalue weighted by Crippen LogP contribution is -2.57. The quantitative estimate of drug-likeness (QED) is 0.198. The highest BCUT2D eigenvalue weighted by atomic mass is 16.3. The second-order valence-electron chi connectivity index (χ2n) is 13.4. The molecule has 11 heteroatoms. The van der Waals surface area contributed by atoms with Crippen molar-refractivity contribution < 1.29 is 19.5 Å². The van der Waals surface area contributed by atoms with Crippen molar-refractivity contribution in [2.75, 3.05) is 25.9 Å². The van der Waals surface area contributed by atoms with Crippen LogP contribution in [-0.2, 0) is 35.6 Å². The zero-order chi connectivity index (χ0) is 35.5. The van der Waals surface area contributed by atoms with Gasteiger partial charge in [-0.15, -0.1) is 0 Å². The number of likely N-dealkylation sites (tertiary alicyclic amines) is 1. The number of nitrogens with two attached hydrogens (primary N) is 1. The van der Waals surface area contributed by atoms with Gasteiger partial charge >= 0.3 is 6.03 Å². The second kappa shape index (κ2) is 14.5. The zero-order valence-corrected chi connectivity index (χ0v) is 28.5. The number of phenolic OH excluding ortho intramolecular Hbond substituents is 1. The Hall–Kier alpha value is -5.94. The Bertz CT molecular complexity index is 2090. The molecule has 0 spiro atoms. The van der Waals surface area contributed by atoms with Crippen LogP contribution in [0, 0.1) is 5.92 Å². The molecule has 2 atom stereocenters. The Morgan fingerprint density at radius 3 is 2.45 bits per heavy atom. The molecular formula is C40H41N7O4. The summed E-state index contributed by atoms with van der Waals surface area (Å²) in [6.07, 6.45) is 4.18. The average Bonchev–Trinajstić information content (AvgIpc) is 3.42. The van der Waals surface area contributed by atoms with E-state index in [1.54, 1.807) is 35.3 Å². The number of nitrogen functional groups attached to an aromatic ring is 1. The van der Waals surface area contributed by atoms with Gasteiger partial charge in [-0.25, -0.2) is 14.8 Å². The van der Waals surface area contributed by atoms with Gasteiger partial charge in [0.2, 0.25) is 5.91 Å². The molecule has 0 unspecified atom stereocenters. The largest absolute Gasteiger partial charge is 0.508 e. The van der Waals surface area contributed by atoms with Crippen molar-refractivity contribution in [2.24, 2.45) is 5.92 Å². The molecule has 7 rings (SSSR count). The summed E-state index contributed by atoms with van der Waals surface area (Å²) in [7, 11) is 1.73. The van der Waals surface area contributed by atoms with Crippen LogP contribution in [0.5, 0.6) is 5.75 Å². The lowest BCUT2D eigenvalue weighted by atomic mass is 9.90. The van der Waals surface area contributed by atoms with Crippen LogP contribution >= 0.6 is 0 Å². The summed E-state index contributed by atoms with van der Waals surface area (Å²) >= 11 is 0. The van der Waals surface area contributed by atoms with E-state index < -0.39 is 12.0 Å². The van der Waals surface area contributed by atoms with Gasteiger partial charge in [-0.3, -0.25) is 14.3 Å². The van der Waals surface area contributed by atoms with Crippen molar-refractivity contribution in [3.05, 3.63) is 137 Å². The highest BCUT2D eigenvalue weighted by Gasteiger charge is 2.41. The van der Waals surface area contributed by atoms with Crippen molar-refractivity contribution in [1.82, 2.24) is 30.0 Å². The summed E-state index contributed by atoms with van der Waals surface area (Å²) in [5.41, 5.74) is 12.3. The molecule has 2 aliphatic heterocycles. The number of para-hydroxylation sites is 1. The monoisotopic (exact) mass is 683 g/mol. The number of amides is 3. The number of benzene rings is 4. The van der Waals surface area contributed by atoms with Crippen molar-refractivity contribution in [3.8, 4) is 5.75 Å². The number of aromatic hydroxyl groups is 1. The molecule has 4 N–H and O–H groups in total. The summed E-state index contributed by atoms with van der Waals surface area (Å²) in [5, 5.41) is 21.8. The van der Waals surface area contributed by atoms with Gasteiger partial charge in [0.25, 0.3) is 0 Å². The van der Waals surface area contributed by atoms with E-state index in [0.29, 0.717) is 38.2 Å². The standard InChI is InChI=1S/C40H41N7O4/c1-44-25-35(49)20-32-19-33(17-27-12-15-34(48)16-13-27)39(50)45(26-38(32)47(44)40(51)42-21-28-7-3-2-4-8-28)23-29-11-14-30-22-43-46(37(30)18-29)24-31-9-5-6-10-36(31)41/h2-16,18,20,22,33,38,48H,17,19,21,23-26,41H2,1H3,(H,42,51)/t33-,38+/m1/s1. The average molecular weight is 684 g/mol. The number of nitrogens with zero attached hydrogens (tertiary/aromatic N) is 5. The van der Waals surface area contributed by atoms with Gasteiger partial charge in [-0.2, -0.15) is 5.10 Å². The normalized spacial score (nSPS) is 18.3. The van der Waals surface area contributed by atoms with Gasteiger partial charge in [-0.05, 0) is 71.0 Å². The number of nitrogens with one attached hydrogen (secondary N) is 1. The lowest BCUT2D eigenvalue weighted by Gasteiger charge is -2.38. The Balaban J connectivity index is 1.22. The van der Waals surface area contributed by atoms with E-state index in [4.69, 9.17) is 5.73 Å². The summed E-state index contributed by atoms with van der Waals surface area (Å²) in [6, 6.07) is 29.4. The molecule has 0 saturated carbocycles. The molecule has 0 aliphatic carbocycles. The fraction of sp³-hybridized carbons (Fsp3) is 0.250. The van der Waals surface area contributed by atoms with Gasteiger partial charge in [0.15, 0.2) is 5.78 Å². The first kappa shape index (κ1) is 33.6. The third kappa shape index (κ3) is 7.48. The predicted octanol–water partition coefficient (Wildman–Crippen LogP) is 4.90. The molecule has 3 amide bonds. The number of phenols is 1. The highest BCUT2D eigenvalue weighted by Crippen LogP contribution is 2.32. The Labute approximate surface area is 296 Å². The first-order chi connectivity index (χ1) is 24.7. The number of fused-ring (bicyclic) bond motifs is 2. The zero-order valence-electron chi connectivity index (χ0n) is 28.5. The number of urea groups is 1. The molecule has 11 nitrogen and oxygen atoms in total. The van der Waals surface area contributed by atoms with Crippen LogP contribution < -0.4 is 11.1 Å². The fourth-order valence-corrected chi connectivity index (χ4v) is 7.13. The third-order valence-electron chi connectivity index (χ3n) is 9.73. The molecule has 3 heterocycles. The topological polar surface area (TPSA) is 137 Å². The number of hydrazine groups is 1. The molecule has 1 fully saturated rings. The number of rotatable bonds is 8. The Morgan fingerprint density at radius 1 is 0.922 bits per heavy atom. The summed E-state index contributed by atoms with van der Waals surface area (Å²) in [4.78, 5) is 43.6. The molecule has 5 aromatic rings. The number of aromatic nitrogens is 2. The first-order valence-electron chi connectivity index (χ1n) is 17.1. The maximum Gasteiger partial charge on any atom is 0.332 e. The third-order valence-corrected chi connectivity index (χ3v) is 9.73. The second-order valence-corrected chi connectivity index (χ2v) is 13.4. The van der Waals surface area contributed by atoms with E-state index in [2.05, 4.69) is 16.5 Å². The maximum atomic E-state index is 14.6. The van der Waals surface area contributed by atoms with E-state index >= 15 is 0 Å². The van der Waals surface area contributed by atoms with E-state index in [1.807, 2.05) is 94.6 Å². The molecule has 51 heavy (non-hydrogen) atoms. The predicted molar refractivity (Wildman–Crippen MR) is 195 cm³/mol. The number of hydrogen-bond donors (Lipinski definition) is 3. The number of carbonyl (C=O) groups is 3. The number of likely N-dealkylation sites (N-methyl/N-ethyl adjacent to an activating group) is 1. The van der Waals surface area contributed by atoms with Crippen LogP contribution in [0.2, 0.25) is 0 Å². The van der Waals surface area contributed by atoms with Crippen LogP contribution in [0.3, 0.4) is 0 Å². The molecule has 1 saturated heterocycles. The SMILES string of the molecule is CN1CC(=O)C=C2C[C@@H](Cc3ccc(O)cc3)C(=O)N(Cc3ccc4cnn(Cc5ccccc5N)c4c3)C[C@@H]2N1C(=O)NCc1ccccc1. The number of anilines is 1. The summed E-state index contributed by atoms with van der Waals surface area (Å²) < 4.78 is 1.91. The molecule has 4 aromatic carbocycles. The Kier molecular flexibility index (Phi) is 9.54. The Morgan fingerprint density at radius 2 is 1.67 bits per heavy atom. The van der Waals surface area contributed by atoms with Crippen molar-refractivity contribution in [3.63, 3.8) is 0 Å². The molecule has 2 aliphatic rings. The van der Waals surface area contributed by atoms with Crippen LogP contribution in [0.15, 0.2) is 115 Å². The highest BCUT2D eigenvalue weighted by molar-refractivity contribution is 5.93. The van der Waals surface area contributed by atoms with Crippen molar-refractivity contribution in [1.29, 1.82) is 0 Å². The number of carbonyl (C=O) groups excluding carboxylic acids is 3. The summed E-state index contributed by atoms with van der Waals surface area (Å²) in [5.74, 6) is -0.540. The van der Waals surface area contributed by atoms with Crippen molar-refractivity contribution >= 4 is 34.3 Å². The van der Waals surface area contributed by atoms with Gasteiger partial charge in [0, 0.05) is 43.7 Å². The van der Waals surface area contributed by atoms with Gasteiger partial charge in [-0.1, -0.05) is 72.8 Å². The minimum Gasteiger partial charge on any atom is -0.508 e. The number of ketones is 1. The van der Waals surface area contributed by atoms with E-state index in [-0.39, 0.29) is 36.6 Å². The first-order valence-corrected chi connectivity index (χ1v) is 17.1. The summed E-state index contributed by atoms with van der Waals surface area (Å²) in [6.45, 7) is 1.34. The minimum absolute atomic E-state index is 0.0297. The van der Waals surface area contributed by atoms with Crippen LogP contribution in [0.25, 0.3) is 10.9 Å². The fourth-order valence-electron chi connectivity index (χ4n) is 7.13. The molecule has 0 radical (unpaired) electrons. The van der Waals surface area contributed by atoms with Crippen LogP contribution in [-0.4, -0.2) is 73.7 Å². The van der Waals surface area contributed by atoms with Crippen molar-refractivity contribution in [2.45, 2.75) is 38.5 Å². The van der Waals surface area contributed by atoms with Gasteiger partial charge in [0.05, 0.1) is 30.8 Å². The smallest absolute Gasteiger partial charge is 0.332 e. The van der Waals surface area contributed by atoms with E-state index in [9.17, 15) is 19.5 Å². The maximum absolute atomic E-state index is 14.6. The van der Waals surface area contributed by atoms with E-state index in [0.717, 1.165) is 38.7 Å². The van der Waals surface area contributed by atoms with Gasteiger partial charge < -0.3 is 21.1 Å².